The quantitative estimate of drug-likeness (QED) is 0.560. The lowest BCUT2D eigenvalue weighted by atomic mass is 9.87. The molecule has 2 amide bonds. The molecule has 4 rings (SSSR count). The standard InChI is InChI=1S/C30H40N2O5/c1-30(2,3)37-29(34)31-26-10-9-23-17-25(8-7-24(23)18-26)28(33)32(20-22-13-15-36-16-14-22)19-21-5-11-27(35-4)12-6-21/h5-8,11-12,17,22,26H,9-10,13-16,18-20H2,1-4H3,(H,31,34). The summed E-state index contributed by atoms with van der Waals surface area (Å²) in [4.78, 5) is 28.0. The molecule has 1 aliphatic carbocycles. The summed E-state index contributed by atoms with van der Waals surface area (Å²) >= 11 is 0. The average Bonchev–Trinajstić information content (AvgIpc) is 2.87. The van der Waals surface area contributed by atoms with E-state index in [0.29, 0.717) is 19.0 Å². The number of ether oxygens (including phenoxy) is 3. The Bertz CT molecular complexity index is 1070. The lowest BCUT2D eigenvalue weighted by Gasteiger charge is -2.31. The summed E-state index contributed by atoms with van der Waals surface area (Å²) in [5.74, 6) is 1.30. The molecule has 1 unspecified atom stereocenters. The van der Waals surface area contributed by atoms with Crippen molar-refractivity contribution in [3.63, 3.8) is 0 Å². The molecule has 2 aromatic carbocycles. The molecule has 200 valence electrons. The third kappa shape index (κ3) is 7.71. The fourth-order valence-corrected chi connectivity index (χ4v) is 5.08. The summed E-state index contributed by atoms with van der Waals surface area (Å²) in [7, 11) is 1.65. The van der Waals surface area contributed by atoms with Gasteiger partial charge in [0.25, 0.3) is 5.91 Å². The highest BCUT2D eigenvalue weighted by Gasteiger charge is 2.26. The molecule has 0 bridgehead atoms. The van der Waals surface area contributed by atoms with E-state index >= 15 is 0 Å². The zero-order valence-corrected chi connectivity index (χ0v) is 22.5. The fourth-order valence-electron chi connectivity index (χ4n) is 5.08. The third-order valence-electron chi connectivity index (χ3n) is 7.04. The number of hydrogen-bond donors (Lipinski definition) is 1. The molecular weight excluding hydrogens is 468 g/mol. The molecule has 1 N–H and O–H groups in total. The Hall–Kier alpha value is -3.06. The number of methoxy groups -OCH3 is 1. The second-order valence-electron chi connectivity index (χ2n) is 11.2. The van der Waals surface area contributed by atoms with Gasteiger partial charge in [-0.1, -0.05) is 18.2 Å². The van der Waals surface area contributed by atoms with E-state index in [2.05, 4.69) is 5.32 Å². The van der Waals surface area contributed by atoms with Crippen LogP contribution in [0.5, 0.6) is 5.75 Å². The number of benzene rings is 2. The van der Waals surface area contributed by atoms with Crippen molar-refractivity contribution < 1.29 is 23.8 Å². The SMILES string of the molecule is COc1ccc(CN(CC2CCOCC2)C(=O)c2ccc3c(c2)CCC(NC(=O)OC(C)(C)C)C3)cc1. The van der Waals surface area contributed by atoms with Crippen molar-refractivity contribution in [3.8, 4) is 5.75 Å². The van der Waals surface area contributed by atoms with E-state index in [0.717, 1.165) is 62.2 Å². The minimum atomic E-state index is -0.520. The van der Waals surface area contributed by atoms with Crippen molar-refractivity contribution in [1.29, 1.82) is 0 Å². The first-order valence-corrected chi connectivity index (χ1v) is 13.3. The Morgan fingerprint density at radius 2 is 1.76 bits per heavy atom. The number of carbonyl (C=O) groups is 2. The van der Waals surface area contributed by atoms with Crippen LogP contribution in [0.1, 0.15) is 67.1 Å². The topological polar surface area (TPSA) is 77.1 Å². The Morgan fingerprint density at radius 3 is 2.43 bits per heavy atom. The molecule has 1 saturated heterocycles. The predicted molar refractivity (Wildman–Crippen MR) is 143 cm³/mol. The molecule has 0 saturated carbocycles. The van der Waals surface area contributed by atoms with Crippen molar-refractivity contribution in [2.24, 2.45) is 5.92 Å². The summed E-state index contributed by atoms with van der Waals surface area (Å²) in [5, 5.41) is 3.00. The van der Waals surface area contributed by atoms with Gasteiger partial charge in [-0.2, -0.15) is 0 Å². The number of rotatable bonds is 7. The van der Waals surface area contributed by atoms with E-state index in [1.54, 1.807) is 7.11 Å². The van der Waals surface area contributed by atoms with Gasteiger partial charge in [0.15, 0.2) is 0 Å². The molecule has 0 radical (unpaired) electrons. The minimum absolute atomic E-state index is 0.0315. The molecule has 2 aliphatic rings. The van der Waals surface area contributed by atoms with Crippen LogP contribution in [0.3, 0.4) is 0 Å². The van der Waals surface area contributed by atoms with E-state index in [1.165, 1.54) is 11.1 Å². The molecule has 1 atom stereocenters. The smallest absolute Gasteiger partial charge is 0.407 e. The van der Waals surface area contributed by atoms with Gasteiger partial charge < -0.3 is 24.4 Å². The van der Waals surface area contributed by atoms with Crippen molar-refractivity contribution in [2.45, 2.75) is 71.1 Å². The molecular formula is C30H40N2O5. The Balaban J connectivity index is 1.46. The molecule has 1 heterocycles. The number of alkyl carbamates (subject to hydrolysis) is 1. The lowest BCUT2D eigenvalue weighted by molar-refractivity contribution is 0.0446. The summed E-state index contributed by atoms with van der Waals surface area (Å²) in [5.41, 5.74) is 3.64. The minimum Gasteiger partial charge on any atom is -0.497 e. The van der Waals surface area contributed by atoms with Gasteiger partial charge in [-0.3, -0.25) is 4.79 Å². The van der Waals surface area contributed by atoms with Crippen molar-refractivity contribution in [2.75, 3.05) is 26.9 Å². The Kier molecular flexibility index (Phi) is 8.75. The average molecular weight is 509 g/mol. The van der Waals surface area contributed by atoms with Crippen LogP contribution in [0.2, 0.25) is 0 Å². The third-order valence-corrected chi connectivity index (χ3v) is 7.04. The van der Waals surface area contributed by atoms with E-state index in [1.807, 2.05) is 68.1 Å². The van der Waals surface area contributed by atoms with Crippen molar-refractivity contribution >= 4 is 12.0 Å². The van der Waals surface area contributed by atoms with E-state index in [9.17, 15) is 9.59 Å². The number of amides is 2. The fraction of sp³-hybridized carbons (Fsp3) is 0.533. The number of nitrogens with zero attached hydrogens (tertiary/aromatic N) is 1. The summed E-state index contributed by atoms with van der Waals surface area (Å²) in [6.07, 6.45) is 3.94. The van der Waals surface area contributed by atoms with Crippen LogP contribution < -0.4 is 10.1 Å². The summed E-state index contributed by atoms with van der Waals surface area (Å²) in [6.45, 7) is 8.37. The van der Waals surface area contributed by atoms with Crippen LogP contribution in [-0.2, 0) is 28.9 Å². The van der Waals surface area contributed by atoms with Gasteiger partial charge in [0, 0.05) is 37.9 Å². The van der Waals surface area contributed by atoms with Gasteiger partial charge in [0.1, 0.15) is 11.4 Å². The van der Waals surface area contributed by atoms with Crippen molar-refractivity contribution in [3.05, 3.63) is 64.7 Å². The predicted octanol–water partition coefficient (Wildman–Crippen LogP) is 5.15. The van der Waals surface area contributed by atoms with Crippen LogP contribution in [0.4, 0.5) is 4.79 Å². The molecule has 0 aromatic heterocycles. The number of nitrogens with one attached hydrogen (secondary N) is 1. The maximum Gasteiger partial charge on any atom is 0.407 e. The first-order valence-electron chi connectivity index (χ1n) is 13.3. The second-order valence-corrected chi connectivity index (χ2v) is 11.2. The number of fused-ring (bicyclic) bond motifs is 1. The summed E-state index contributed by atoms with van der Waals surface area (Å²) < 4.78 is 16.2. The van der Waals surface area contributed by atoms with Gasteiger partial charge in [0.05, 0.1) is 7.11 Å². The van der Waals surface area contributed by atoms with Gasteiger partial charge >= 0.3 is 6.09 Å². The van der Waals surface area contributed by atoms with Gasteiger partial charge in [0.2, 0.25) is 0 Å². The maximum absolute atomic E-state index is 13.8. The van der Waals surface area contributed by atoms with Gasteiger partial charge in [-0.25, -0.2) is 4.79 Å². The lowest BCUT2D eigenvalue weighted by Crippen LogP contribution is -2.42. The highest BCUT2D eigenvalue weighted by atomic mass is 16.6. The second kappa shape index (κ2) is 12.0. The molecule has 0 spiro atoms. The zero-order chi connectivity index (χ0) is 26.4. The van der Waals surface area contributed by atoms with E-state index < -0.39 is 5.60 Å². The zero-order valence-electron chi connectivity index (χ0n) is 22.5. The van der Waals surface area contributed by atoms with Gasteiger partial charge in [-0.15, -0.1) is 0 Å². The van der Waals surface area contributed by atoms with E-state index in [4.69, 9.17) is 14.2 Å². The molecule has 37 heavy (non-hydrogen) atoms. The normalized spacial score (nSPS) is 18.0. The van der Waals surface area contributed by atoms with Crippen LogP contribution in [0, 0.1) is 5.92 Å². The molecule has 1 aliphatic heterocycles. The number of aryl methyl sites for hydroxylation is 1. The van der Waals surface area contributed by atoms with Crippen LogP contribution in [0.25, 0.3) is 0 Å². The Morgan fingerprint density at radius 1 is 1.03 bits per heavy atom. The van der Waals surface area contributed by atoms with Crippen LogP contribution >= 0.6 is 0 Å². The summed E-state index contributed by atoms with van der Waals surface area (Å²) in [6, 6.07) is 14.0. The maximum atomic E-state index is 13.8. The van der Waals surface area contributed by atoms with Crippen LogP contribution in [-0.4, -0.2) is 55.4 Å². The number of carbonyl (C=O) groups excluding carboxylic acids is 2. The monoisotopic (exact) mass is 508 g/mol. The molecule has 1 fully saturated rings. The highest BCUT2D eigenvalue weighted by molar-refractivity contribution is 5.94. The van der Waals surface area contributed by atoms with E-state index in [-0.39, 0.29) is 18.0 Å². The van der Waals surface area contributed by atoms with Gasteiger partial charge in [-0.05, 0) is 99.7 Å². The molecule has 7 heteroatoms. The first-order chi connectivity index (χ1) is 17.7. The number of hydrogen-bond acceptors (Lipinski definition) is 5. The Labute approximate surface area is 220 Å². The van der Waals surface area contributed by atoms with Crippen molar-refractivity contribution in [1.82, 2.24) is 10.2 Å². The largest absolute Gasteiger partial charge is 0.497 e. The first kappa shape index (κ1) is 27.0. The van der Waals surface area contributed by atoms with Crippen LogP contribution in [0.15, 0.2) is 42.5 Å². The highest BCUT2D eigenvalue weighted by Crippen LogP contribution is 2.26. The molecule has 7 nitrogen and oxygen atoms in total. The molecule has 2 aromatic rings.